The van der Waals surface area contributed by atoms with E-state index in [1.165, 1.54) is 30.6 Å². The number of nitrogens with one attached hydrogen (secondary N) is 3. The van der Waals surface area contributed by atoms with E-state index in [-0.39, 0.29) is 24.1 Å². The summed E-state index contributed by atoms with van der Waals surface area (Å²) >= 11 is 0. The summed E-state index contributed by atoms with van der Waals surface area (Å²) in [4.78, 5) is 27.5. The van der Waals surface area contributed by atoms with Crippen LogP contribution >= 0.6 is 0 Å². The van der Waals surface area contributed by atoms with Gasteiger partial charge in [-0.3, -0.25) is 0 Å². The van der Waals surface area contributed by atoms with Crippen LogP contribution in [0.2, 0.25) is 0 Å². The second-order valence-corrected chi connectivity index (χ2v) is 6.51. The molecule has 2 aromatic heterocycles. The van der Waals surface area contributed by atoms with Gasteiger partial charge >= 0.3 is 12.2 Å². The van der Waals surface area contributed by atoms with Crippen molar-refractivity contribution in [1.82, 2.24) is 25.3 Å². The van der Waals surface area contributed by atoms with E-state index >= 15 is 0 Å². The minimum atomic E-state index is -4.70. The van der Waals surface area contributed by atoms with Gasteiger partial charge in [0.05, 0.1) is 6.33 Å². The number of hydrogen-bond acceptors (Lipinski definition) is 5. The Balaban J connectivity index is 1.46. The number of carbonyl (C=O) groups is 1. The van der Waals surface area contributed by atoms with E-state index < -0.39 is 23.8 Å². The first kappa shape index (κ1) is 18.9. The van der Waals surface area contributed by atoms with Gasteiger partial charge in [-0.1, -0.05) is 0 Å². The summed E-state index contributed by atoms with van der Waals surface area (Å²) in [6.07, 6.45) is -2.93. The Kier molecular flexibility index (Phi) is 4.68. The number of aromatic nitrogens is 4. The number of rotatable bonds is 3. The Morgan fingerprint density at radius 3 is 2.69 bits per heavy atom. The van der Waals surface area contributed by atoms with Gasteiger partial charge in [0, 0.05) is 24.8 Å². The molecule has 4 rings (SSSR count). The number of benzene rings is 1. The summed E-state index contributed by atoms with van der Waals surface area (Å²) in [6.45, 7) is 0.656. The molecule has 3 heterocycles. The molecule has 2 amide bonds. The third-order valence-corrected chi connectivity index (χ3v) is 4.45. The quantitative estimate of drug-likeness (QED) is 0.578. The molecule has 0 bridgehead atoms. The van der Waals surface area contributed by atoms with E-state index in [2.05, 4.69) is 30.6 Å². The highest BCUT2D eigenvalue weighted by Crippen LogP contribution is 2.31. The zero-order valence-corrected chi connectivity index (χ0v) is 14.8. The van der Waals surface area contributed by atoms with Gasteiger partial charge in [0.15, 0.2) is 11.5 Å². The molecule has 1 saturated heterocycles. The molecule has 1 aliphatic heterocycles. The Hall–Kier alpha value is -3.44. The van der Waals surface area contributed by atoms with E-state index in [1.807, 2.05) is 0 Å². The monoisotopic (exact) mass is 409 g/mol. The maximum absolute atomic E-state index is 13.1. The highest BCUT2D eigenvalue weighted by molar-refractivity contribution is 5.89. The average Bonchev–Trinajstić information content (AvgIpc) is 3.31. The maximum Gasteiger partial charge on any atom is 0.451 e. The lowest BCUT2D eigenvalue weighted by molar-refractivity contribution is -0.144. The number of urea groups is 1. The van der Waals surface area contributed by atoms with Crippen molar-refractivity contribution >= 4 is 28.7 Å². The fourth-order valence-electron chi connectivity index (χ4n) is 3.13. The van der Waals surface area contributed by atoms with Crippen LogP contribution in [0.1, 0.15) is 12.2 Å². The molecule has 12 heteroatoms. The molecule has 3 aromatic rings. The van der Waals surface area contributed by atoms with Crippen molar-refractivity contribution in [3.63, 3.8) is 0 Å². The van der Waals surface area contributed by atoms with Crippen LogP contribution in [-0.4, -0.2) is 45.1 Å². The lowest BCUT2D eigenvalue weighted by Crippen LogP contribution is -2.39. The first-order valence-electron chi connectivity index (χ1n) is 8.66. The number of carbonyl (C=O) groups excluding carboxylic acids is 1. The number of H-pyrrole nitrogens is 1. The van der Waals surface area contributed by atoms with Crippen LogP contribution in [-0.2, 0) is 6.18 Å². The number of imidazole rings is 1. The Bertz CT molecular complexity index is 1030. The first-order chi connectivity index (χ1) is 13.8. The molecule has 0 saturated carbocycles. The van der Waals surface area contributed by atoms with Crippen molar-refractivity contribution in [2.45, 2.75) is 18.6 Å². The van der Waals surface area contributed by atoms with Crippen LogP contribution in [0, 0.1) is 5.82 Å². The largest absolute Gasteiger partial charge is 0.451 e. The molecule has 29 heavy (non-hydrogen) atoms. The van der Waals surface area contributed by atoms with Crippen molar-refractivity contribution in [2.24, 2.45) is 0 Å². The SMILES string of the molecule is O=C(Nc1ccc(F)cc1)NC1CCN(c2nc(C(F)(F)F)nc3nc[nH]c23)C1. The average molecular weight is 409 g/mol. The summed E-state index contributed by atoms with van der Waals surface area (Å²) in [5.74, 6) is -1.60. The number of alkyl halides is 3. The van der Waals surface area contributed by atoms with Gasteiger partial charge in [-0.2, -0.15) is 13.2 Å². The Morgan fingerprint density at radius 2 is 1.97 bits per heavy atom. The van der Waals surface area contributed by atoms with Gasteiger partial charge in [-0.05, 0) is 30.7 Å². The van der Waals surface area contributed by atoms with E-state index in [9.17, 15) is 22.4 Å². The van der Waals surface area contributed by atoms with E-state index in [0.717, 1.165) is 0 Å². The van der Waals surface area contributed by atoms with Crippen LogP contribution < -0.4 is 15.5 Å². The fourth-order valence-corrected chi connectivity index (χ4v) is 3.13. The summed E-state index contributed by atoms with van der Waals surface area (Å²) < 4.78 is 52.2. The van der Waals surface area contributed by atoms with E-state index in [1.54, 1.807) is 4.90 Å². The predicted molar refractivity (Wildman–Crippen MR) is 95.9 cm³/mol. The number of halogens is 4. The third kappa shape index (κ3) is 4.05. The van der Waals surface area contributed by atoms with Crippen molar-refractivity contribution in [2.75, 3.05) is 23.3 Å². The molecule has 152 valence electrons. The molecule has 0 radical (unpaired) electrons. The van der Waals surface area contributed by atoms with Gasteiger partial charge in [0.2, 0.25) is 5.82 Å². The Labute approximate surface area is 161 Å². The number of anilines is 2. The van der Waals surface area contributed by atoms with Crippen LogP contribution in [0.4, 0.5) is 33.9 Å². The molecule has 1 atom stereocenters. The normalized spacial score (nSPS) is 17.0. The zero-order valence-electron chi connectivity index (χ0n) is 14.8. The summed E-state index contributed by atoms with van der Waals surface area (Å²) in [6, 6.07) is 4.48. The van der Waals surface area contributed by atoms with Crippen LogP contribution in [0.25, 0.3) is 11.2 Å². The molecule has 3 N–H and O–H groups in total. The van der Waals surface area contributed by atoms with Crippen LogP contribution in [0.15, 0.2) is 30.6 Å². The van der Waals surface area contributed by atoms with Gasteiger partial charge < -0.3 is 20.5 Å². The lowest BCUT2D eigenvalue weighted by atomic mass is 10.3. The maximum atomic E-state index is 13.1. The van der Waals surface area contributed by atoms with Crippen molar-refractivity contribution < 1.29 is 22.4 Å². The fraction of sp³-hybridized carbons (Fsp3) is 0.294. The van der Waals surface area contributed by atoms with Crippen molar-refractivity contribution in [3.8, 4) is 0 Å². The summed E-state index contributed by atoms with van der Waals surface area (Å²) in [7, 11) is 0. The predicted octanol–water partition coefficient (Wildman–Crippen LogP) is 2.91. The lowest BCUT2D eigenvalue weighted by Gasteiger charge is -2.19. The molecular formula is C17H15F4N7O. The van der Waals surface area contributed by atoms with E-state index in [4.69, 9.17) is 0 Å². The number of aromatic amines is 1. The highest BCUT2D eigenvalue weighted by Gasteiger charge is 2.37. The molecule has 1 fully saturated rings. The van der Waals surface area contributed by atoms with Crippen LogP contribution in [0.3, 0.4) is 0 Å². The van der Waals surface area contributed by atoms with Gasteiger partial charge in [-0.15, -0.1) is 0 Å². The van der Waals surface area contributed by atoms with Gasteiger partial charge in [-0.25, -0.2) is 24.1 Å². The second-order valence-electron chi connectivity index (χ2n) is 6.51. The minimum Gasteiger partial charge on any atom is -0.353 e. The number of amides is 2. The summed E-state index contributed by atoms with van der Waals surface area (Å²) in [5, 5.41) is 5.33. The molecule has 0 spiro atoms. The highest BCUT2D eigenvalue weighted by atomic mass is 19.4. The number of nitrogens with zero attached hydrogens (tertiary/aromatic N) is 4. The molecular weight excluding hydrogens is 394 g/mol. The van der Waals surface area contributed by atoms with Crippen molar-refractivity contribution in [1.29, 1.82) is 0 Å². The Morgan fingerprint density at radius 1 is 1.21 bits per heavy atom. The second kappa shape index (κ2) is 7.18. The van der Waals surface area contributed by atoms with Crippen LogP contribution in [0.5, 0.6) is 0 Å². The topological polar surface area (TPSA) is 98.8 Å². The van der Waals surface area contributed by atoms with Crippen molar-refractivity contribution in [3.05, 3.63) is 42.2 Å². The zero-order chi connectivity index (χ0) is 20.6. The molecule has 0 aliphatic carbocycles. The molecule has 8 nitrogen and oxygen atoms in total. The summed E-state index contributed by atoms with van der Waals surface area (Å²) in [5.41, 5.74) is 0.644. The number of hydrogen-bond donors (Lipinski definition) is 3. The van der Waals surface area contributed by atoms with Gasteiger partial charge in [0.1, 0.15) is 11.3 Å². The number of fused-ring (bicyclic) bond motifs is 1. The van der Waals surface area contributed by atoms with E-state index in [0.29, 0.717) is 24.2 Å². The van der Waals surface area contributed by atoms with Gasteiger partial charge in [0.25, 0.3) is 0 Å². The standard InChI is InChI=1S/C17H15F4N7O/c18-9-1-3-10(4-2-9)24-16(29)25-11-5-6-28(7-11)14-12-13(23-8-22-12)26-15(27-14)17(19,20)21/h1-4,8,11H,5-7H2,(H2,24,25,29)(H,22,23,26,27). The first-order valence-corrected chi connectivity index (χ1v) is 8.66. The third-order valence-electron chi connectivity index (χ3n) is 4.45. The molecule has 1 aliphatic rings. The minimum absolute atomic E-state index is 0.0761. The molecule has 1 unspecified atom stereocenters. The smallest absolute Gasteiger partial charge is 0.353 e. The molecule has 1 aromatic carbocycles.